The lowest BCUT2D eigenvalue weighted by atomic mass is 10.2. The molecule has 1 aromatic carbocycles. The molecule has 2 aromatic rings. The van der Waals surface area contributed by atoms with E-state index in [1.807, 2.05) is 31.3 Å². The molecule has 0 saturated heterocycles. The van der Waals surface area contributed by atoms with Gasteiger partial charge in [0, 0.05) is 10.5 Å². The van der Waals surface area contributed by atoms with Crippen LogP contribution in [0.2, 0.25) is 0 Å². The van der Waals surface area contributed by atoms with Crippen LogP contribution < -0.4 is 10.2 Å². The molecule has 1 aliphatic rings. The fourth-order valence-corrected chi connectivity index (χ4v) is 2.88. The molecule has 0 aliphatic heterocycles. The number of hydrogen-bond donors (Lipinski definition) is 2. The van der Waals surface area contributed by atoms with Crippen molar-refractivity contribution in [2.24, 2.45) is 0 Å². The molecular formula is C15H18BrN4O2S+. The lowest BCUT2D eigenvalue weighted by Crippen LogP contribution is -3.09. The third-order valence-corrected chi connectivity index (χ3v) is 4.52. The molecule has 1 saturated carbocycles. The second-order valence-corrected chi connectivity index (χ2v) is 6.99. The fraction of sp³-hybridized carbons (Fsp3) is 0.400. The Hall–Kier alpha value is -1.51. The van der Waals surface area contributed by atoms with Gasteiger partial charge >= 0.3 is 0 Å². The van der Waals surface area contributed by atoms with E-state index < -0.39 is 0 Å². The minimum atomic E-state index is 0.0611. The van der Waals surface area contributed by atoms with Crippen molar-refractivity contribution < 1.29 is 14.1 Å². The average Bonchev–Trinajstić information content (AvgIpc) is 3.22. The first-order valence-corrected chi connectivity index (χ1v) is 8.66. The average molecular weight is 398 g/mol. The number of quaternary nitrogens is 1. The number of rotatable bonds is 6. The van der Waals surface area contributed by atoms with E-state index in [0.29, 0.717) is 30.0 Å². The number of carbonyl (C=O) groups excluding carboxylic acids is 1. The van der Waals surface area contributed by atoms with Crippen molar-refractivity contribution in [1.82, 2.24) is 15.1 Å². The molecule has 1 fully saturated rings. The quantitative estimate of drug-likeness (QED) is 0.722. The second-order valence-electron chi connectivity index (χ2n) is 5.79. The summed E-state index contributed by atoms with van der Waals surface area (Å²) in [4.78, 5) is 13.1. The van der Waals surface area contributed by atoms with Crippen molar-refractivity contribution >= 4 is 34.1 Å². The maximum absolute atomic E-state index is 11.8. The van der Waals surface area contributed by atoms with Crippen molar-refractivity contribution in [2.75, 3.05) is 13.6 Å². The highest BCUT2D eigenvalue weighted by molar-refractivity contribution is 9.10. The van der Waals surface area contributed by atoms with E-state index in [4.69, 9.17) is 16.6 Å². The van der Waals surface area contributed by atoms with Gasteiger partial charge in [0.25, 0.3) is 10.7 Å². The van der Waals surface area contributed by atoms with Crippen LogP contribution in [-0.4, -0.2) is 35.3 Å². The van der Waals surface area contributed by atoms with Gasteiger partial charge in [0.1, 0.15) is 0 Å². The topological polar surface area (TPSA) is 64.5 Å². The van der Waals surface area contributed by atoms with Crippen LogP contribution in [0.4, 0.5) is 0 Å². The number of halogens is 1. The molecule has 2 N–H and O–H groups in total. The fourth-order valence-electron chi connectivity index (χ4n) is 2.24. The van der Waals surface area contributed by atoms with Crippen LogP contribution in [0.25, 0.3) is 11.5 Å². The van der Waals surface area contributed by atoms with Crippen LogP contribution >= 0.6 is 28.1 Å². The lowest BCUT2D eigenvalue weighted by molar-refractivity contribution is -0.895. The highest BCUT2D eigenvalue weighted by atomic mass is 79.9. The van der Waals surface area contributed by atoms with Crippen LogP contribution in [0.15, 0.2) is 33.2 Å². The number of carbonyl (C=O) groups is 1. The Morgan fingerprint density at radius 2 is 2.26 bits per heavy atom. The third-order valence-electron chi connectivity index (χ3n) is 3.54. The van der Waals surface area contributed by atoms with Gasteiger partial charge in [0.2, 0.25) is 5.89 Å². The number of amides is 1. The minimum Gasteiger partial charge on any atom is -0.409 e. The Bertz CT molecular complexity index is 769. The maximum atomic E-state index is 11.8. The molecule has 1 atom stereocenters. The lowest BCUT2D eigenvalue weighted by Gasteiger charge is -2.12. The highest BCUT2D eigenvalue weighted by Gasteiger charge is 2.24. The zero-order valence-corrected chi connectivity index (χ0v) is 15.1. The first-order valence-electron chi connectivity index (χ1n) is 7.46. The van der Waals surface area contributed by atoms with Gasteiger partial charge in [0.05, 0.1) is 12.6 Å². The van der Waals surface area contributed by atoms with Gasteiger partial charge in [-0.25, -0.2) is 0 Å². The molecule has 1 unspecified atom stereocenters. The van der Waals surface area contributed by atoms with E-state index in [0.717, 1.165) is 27.8 Å². The van der Waals surface area contributed by atoms with Crippen LogP contribution in [-0.2, 0) is 11.5 Å². The monoisotopic (exact) mass is 397 g/mol. The zero-order chi connectivity index (χ0) is 16.4. The Morgan fingerprint density at radius 3 is 2.96 bits per heavy atom. The van der Waals surface area contributed by atoms with Crippen molar-refractivity contribution in [2.45, 2.75) is 25.6 Å². The summed E-state index contributed by atoms with van der Waals surface area (Å²) >= 11 is 8.71. The highest BCUT2D eigenvalue weighted by Crippen LogP contribution is 2.26. The molecule has 0 radical (unpaired) electrons. The number of benzene rings is 1. The molecule has 0 spiro atoms. The SMILES string of the molecule is C[NH+](CC(=O)NC1CC1)Cn1nc(-c2ccccc2Br)oc1=S. The van der Waals surface area contributed by atoms with E-state index >= 15 is 0 Å². The Labute approximate surface area is 147 Å². The van der Waals surface area contributed by atoms with E-state index in [-0.39, 0.29) is 5.91 Å². The molecule has 6 nitrogen and oxygen atoms in total. The normalized spacial score (nSPS) is 15.4. The summed E-state index contributed by atoms with van der Waals surface area (Å²) in [5.74, 6) is 0.531. The van der Waals surface area contributed by atoms with Crippen molar-refractivity contribution in [3.05, 3.63) is 33.6 Å². The first-order chi connectivity index (χ1) is 11.0. The van der Waals surface area contributed by atoms with Gasteiger partial charge in [-0.3, -0.25) is 4.79 Å². The molecule has 1 aromatic heterocycles. The molecule has 0 bridgehead atoms. The second kappa shape index (κ2) is 6.94. The van der Waals surface area contributed by atoms with Gasteiger partial charge < -0.3 is 14.6 Å². The Balaban J connectivity index is 1.67. The molecule has 23 heavy (non-hydrogen) atoms. The van der Waals surface area contributed by atoms with Gasteiger partial charge in [-0.2, -0.15) is 4.68 Å². The van der Waals surface area contributed by atoms with E-state index in [1.165, 1.54) is 0 Å². The van der Waals surface area contributed by atoms with E-state index in [1.54, 1.807) is 4.68 Å². The molecule has 1 aliphatic carbocycles. The van der Waals surface area contributed by atoms with Crippen LogP contribution in [0, 0.1) is 4.84 Å². The zero-order valence-electron chi connectivity index (χ0n) is 12.7. The third kappa shape index (κ3) is 4.27. The predicted octanol–water partition coefficient (Wildman–Crippen LogP) is 1.39. The summed E-state index contributed by atoms with van der Waals surface area (Å²) in [6, 6.07) is 8.06. The van der Waals surface area contributed by atoms with Gasteiger partial charge in [-0.15, -0.1) is 5.10 Å². The molecule has 122 valence electrons. The smallest absolute Gasteiger partial charge is 0.292 e. The summed E-state index contributed by atoms with van der Waals surface area (Å²) in [5, 5.41) is 7.40. The number of nitrogens with one attached hydrogen (secondary N) is 2. The summed E-state index contributed by atoms with van der Waals surface area (Å²) in [5.41, 5.74) is 0.849. The number of aromatic nitrogens is 2. The molecule has 1 amide bonds. The number of likely N-dealkylation sites (N-methyl/N-ethyl adjacent to an activating group) is 1. The van der Waals surface area contributed by atoms with Gasteiger partial charge in [0.15, 0.2) is 13.2 Å². The predicted molar refractivity (Wildman–Crippen MR) is 91.4 cm³/mol. The Kier molecular flexibility index (Phi) is 4.93. The first kappa shape index (κ1) is 16.4. The summed E-state index contributed by atoms with van der Waals surface area (Å²) in [7, 11) is 1.93. The van der Waals surface area contributed by atoms with Crippen LogP contribution in [0.1, 0.15) is 12.8 Å². The summed E-state index contributed by atoms with van der Waals surface area (Å²) in [6.07, 6.45) is 2.18. The molecule has 3 rings (SSSR count). The van der Waals surface area contributed by atoms with Crippen molar-refractivity contribution in [1.29, 1.82) is 0 Å². The molecule has 8 heteroatoms. The van der Waals surface area contributed by atoms with Crippen molar-refractivity contribution in [3.63, 3.8) is 0 Å². The molecular weight excluding hydrogens is 380 g/mol. The van der Waals surface area contributed by atoms with Crippen LogP contribution in [0.5, 0.6) is 0 Å². The maximum Gasteiger partial charge on any atom is 0.292 e. The van der Waals surface area contributed by atoms with Gasteiger partial charge in [-0.05, 0) is 53.1 Å². The number of hydrogen-bond acceptors (Lipinski definition) is 4. The van der Waals surface area contributed by atoms with Gasteiger partial charge in [-0.1, -0.05) is 12.1 Å². The standard InChI is InChI=1S/C15H17BrN4O2S/c1-19(8-13(21)17-10-6-7-10)9-20-15(23)22-14(18-20)11-4-2-3-5-12(11)16/h2-5,10H,6-9H2,1H3,(H,17,21)/p+1. The summed E-state index contributed by atoms with van der Waals surface area (Å²) in [6.45, 7) is 0.861. The largest absolute Gasteiger partial charge is 0.409 e. The van der Waals surface area contributed by atoms with E-state index in [9.17, 15) is 4.79 Å². The summed E-state index contributed by atoms with van der Waals surface area (Å²) < 4.78 is 8.10. The van der Waals surface area contributed by atoms with Crippen LogP contribution in [0.3, 0.4) is 0 Å². The Morgan fingerprint density at radius 1 is 1.52 bits per heavy atom. The van der Waals surface area contributed by atoms with Crippen molar-refractivity contribution in [3.8, 4) is 11.5 Å². The number of nitrogens with zero attached hydrogens (tertiary/aromatic N) is 2. The molecule has 1 heterocycles. The van der Waals surface area contributed by atoms with E-state index in [2.05, 4.69) is 26.3 Å². The minimum absolute atomic E-state index is 0.0611.